The minimum atomic E-state index is -0.0699. The fourth-order valence-corrected chi connectivity index (χ4v) is 3.43. The van der Waals surface area contributed by atoms with Gasteiger partial charge in [0, 0.05) is 6.54 Å². The zero-order chi connectivity index (χ0) is 17.3. The van der Waals surface area contributed by atoms with Gasteiger partial charge in [0.05, 0.1) is 12.6 Å². The Kier molecular flexibility index (Phi) is 4.67. The van der Waals surface area contributed by atoms with Gasteiger partial charge in [-0.3, -0.25) is 0 Å². The molecular weight excluding hydrogens is 302 g/mol. The number of ether oxygens (including phenoxy) is 1. The number of aromatic hydroxyl groups is 2. The molecule has 1 atom stereocenters. The monoisotopic (exact) mass is 327 g/mol. The molecule has 3 rings (SSSR count). The number of nitrogens with one attached hydrogen (secondary N) is 1. The summed E-state index contributed by atoms with van der Waals surface area (Å²) in [6.07, 6.45) is 0.841. The molecule has 2 aromatic rings. The molecule has 0 bridgehead atoms. The first kappa shape index (κ1) is 16.7. The molecule has 4 heteroatoms. The van der Waals surface area contributed by atoms with Crippen molar-refractivity contribution < 1.29 is 14.9 Å². The summed E-state index contributed by atoms with van der Waals surface area (Å²) >= 11 is 0. The van der Waals surface area contributed by atoms with Crippen LogP contribution >= 0.6 is 0 Å². The Bertz CT molecular complexity index is 740. The molecule has 0 amide bonds. The van der Waals surface area contributed by atoms with Crippen molar-refractivity contribution in [2.45, 2.75) is 39.2 Å². The van der Waals surface area contributed by atoms with Gasteiger partial charge in [0.15, 0.2) is 11.5 Å². The number of hydrogen-bond acceptors (Lipinski definition) is 4. The Morgan fingerprint density at radius 1 is 1.12 bits per heavy atom. The molecule has 0 radical (unpaired) electrons. The zero-order valence-electron chi connectivity index (χ0n) is 14.5. The van der Waals surface area contributed by atoms with Crippen molar-refractivity contribution in [1.82, 2.24) is 5.32 Å². The summed E-state index contributed by atoms with van der Waals surface area (Å²) in [5.41, 5.74) is 4.54. The van der Waals surface area contributed by atoms with E-state index in [0.29, 0.717) is 12.5 Å². The highest BCUT2D eigenvalue weighted by Gasteiger charge is 2.26. The molecule has 1 heterocycles. The number of phenols is 2. The molecule has 0 spiro atoms. The van der Waals surface area contributed by atoms with Crippen LogP contribution in [0.2, 0.25) is 0 Å². The van der Waals surface area contributed by atoms with Crippen LogP contribution in [0.5, 0.6) is 17.2 Å². The quantitative estimate of drug-likeness (QED) is 0.746. The number of fused-ring (bicyclic) bond motifs is 1. The highest BCUT2D eigenvalue weighted by atomic mass is 16.5. The van der Waals surface area contributed by atoms with E-state index in [1.165, 1.54) is 11.1 Å². The van der Waals surface area contributed by atoms with E-state index >= 15 is 0 Å². The molecule has 0 saturated carbocycles. The second-order valence-electron chi connectivity index (χ2n) is 6.56. The van der Waals surface area contributed by atoms with Crippen LogP contribution in [-0.4, -0.2) is 23.4 Å². The SMILES string of the molecule is CCOc1ccc(C2NCCc3cc(O)c(O)cc32)c(C(C)C)c1. The smallest absolute Gasteiger partial charge is 0.157 e. The summed E-state index contributed by atoms with van der Waals surface area (Å²) in [6, 6.07) is 9.59. The first-order valence-corrected chi connectivity index (χ1v) is 8.56. The predicted molar refractivity (Wildman–Crippen MR) is 95.0 cm³/mol. The fraction of sp³-hybridized carbons (Fsp3) is 0.400. The molecular formula is C20H25NO3. The van der Waals surface area contributed by atoms with Gasteiger partial charge in [-0.1, -0.05) is 19.9 Å². The predicted octanol–water partition coefficient (Wildman–Crippen LogP) is 3.86. The van der Waals surface area contributed by atoms with Gasteiger partial charge in [0.2, 0.25) is 0 Å². The summed E-state index contributed by atoms with van der Waals surface area (Å²) < 4.78 is 5.65. The highest BCUT2D eigenvalue weighted by Crippen LogP contribution is 2.39. The number of benzene rings is 2. The normalized spacial score (nSPS) is 16.9. The van der Waals surface area contributed by atoms with Crippen LogP contribution in [0.15, 0.2) is 30.3 Å². The average Bonchev–Trinajstić information content (AvgIpc) is 2.56. The first-order chi connectivity index (χ1) is 11.5. The van der Waals surface area contributed by atoms with Gasteiger partial charge >= 0.3 is 0 Å². The van der Waals surface area contributed by atoms with E-state index in [0.717, 1.165) is 29.8 Å². The Morgan fingerprint density at radius 2 is 1.88 bits per heavy atom. The molecule has 2 aromatic carbocycles. The van der Waals surface area contributed by atoms with Crippen LogP contribution in [0.1, 0.15) is 55.0 Å². The average molecular weight is 327 g/mol. The molecule has 1 aliphatic heterocycles. The van der Waals surface area contributed by atoms with Crippen molar-refractivity contribution in [3.8, 4) is 17.2 Å². The van der Waals surface area contributed by atoms with Gasteiger partial charge in [-0.15, -0.1) is 0 Å². The third-order valence-electron chi connectivity index (χ3n) is 4.59. The van der Waals surface area contributed by atoms with Crippen molar-refractivity contribution in [3.05, 3.63) is 52.6 Å². The molecule has 128 valence electrons. The summed E-state index contributed by atoms with van der Waals surface area (Å²) in [7, 11) is 0. The van der Waals surface area contributed by atoms with Gasteiger partial charge in [-0.05, 0) is 65.8 Å². The van der Waals surface area contributed by atoms with E-state index in [1.807, 2.05) is 13.0 Å². The Balaban J connectivity index is 2.09. The van der Waals surface area contributed by atoms with Crippen molar-refractivity contribution >= 4 is 0 Å². The lowest BCUT2D eigenvalue weighted by atomic mass is 9.84. The molecule has 0 saturated heterocycles. The minimum Gasteiger partial charge on any atom is -0.504 e. The lowest BCUT2D eigenvalue weighted by Gasteiger charge is -2.30. The van der Waals surface area contributed by atoms with Crippen molar-refractivity contribution in [1.29, 1.82) is 0 Å². The van der Waals surface area contributed by atoms with E-state index in [9.17, 15) is 10.2 Å². The van der Waals surface area contributed by atoms with E-state index in [1.54, 1.807) is 12.1 Å². The molecule has 0 aromatic heterocycles. The van der Waals surface area contributed by atoms with Crippen LogP contribution in [0, 0.1) is 0 Å². The number of hydrogen-bond donors (Lipinski definition) is 3. The van der Waals surface area contributed by atoms with Crippen molar-refractivity contribution in [3.63, 3.8) is 0 Å². The Hall–Kier alpha value is -2.20. The molecule has 24 heavy (non-hydrogen) atoms. The maximum atomic E-state index is 9.93. The standard InChI is InChI=1S/C20H25NO3/c1-4-24-14-5-6-15(16(10-14)12(2)3)20-17-11-19(23)18(22)9-13(17)7-8-21-20/h5-6,9-12,20-23H,4,7-8H2,1-3H3. The fourth-order valence-electron chi connectivity index (χ4n) is 3.43. The maximum absolute atomic E-state index is 9.93. The Morgan fingerprint density at radius 3 is 2.58 bits per heavy atom. The summed E-state index contributed by atoms with van der Waals surface area (Å²) in [5.74, 6) is 1.12. The lowest BCUT2D eigenvalue weighted by molar-refractivity contribution is 0.339. The van der Waals surface area contributed by atoms with Crippen LogP contribution in [-0.2, 0) is 6.42 Å². The van der Waals surface area contributed by atoms with E-state index in [2.05, 4.69) is 31.3 Å². The van der Waals surface area contributed by atoms with E-state index < -0.39 is 0 Å². The van der Waals surface area contributed by atoms with E-state index in [-0.39, 0.29) is 17.5 Å². The molecule has 4 nitrogen and oxygen atoms in total. The minimum absolute atomic E-state index is 0.00771. The summed E-state index contributed by atoms with van der Waals surface area (Å²) in [4.78, 5) is 0. The molecule has 3 N–H and O–H groups in total. The summed E-state index contributed by atoms with van der Waals surface area (Å²) in [6.45, 7) is 7.82. The third-order valence-corrected chi connectivity index (χ3v) is 4.59. The maximum Gasteiger partial charge on any atom is 0.157 e. The van der Waals surface area contributed by atoms with Gasteiger partial charge < -0.3 is 20.3 Å². The number of rotatable bonds is 4. The molecule has 0 aliphatic carbocycles. The van der Waals surface area contributed by atoms with Crippen LogP contribution < -0.4 is 10.1 Å². The first-order valence-electron chi connectivity index (χ1n) is 8.56. The molecule has 0 fully saturated rings. The third kappa shape index (κ3) is 3.06. The van der Waals surface area contributed by atoms with Crippen molar-refractivity contribution in [2.75, 3.05) is 13.2 Å². The topological polar surface area (TPSA) is 61.7 Å². The molecule has 1 unspecified atom stereocenters. The van der Waals surface area contributed by atoms with Crippen molar-refractivity contribution in [2.24, 2.45) is 0 Å². The van der Waals surface area contributed by atoms with Gasteiger partial charge in [-0.25, -0.2) is 0 Å². The van der Waals surface area contributed by atoms with Crippen LogP contribution in [0.25, 0.3) is 0 Å². The largest absolute Gasteiger partial charge is 0.504 e. The van der Waals surface area contributed by atoms with Crippen LogP contribution in [0.3, 0.4) is 0 Å². The Labute approximate surface area is 143 Å². The number of phenolic OH excluding ortho intramolecular Hbond substituents is 2. The zero-order valence-corrected chi connectivity index (χ0v) is 14.5. The van der Waals surface area contributed by atoms with Gasteiger partial charge in [0.1, 0.15) is 5.75 Å². The van der Waals surface area contributed by atoms with Gasteiger partial charge in [-0.2, -0.15) is 0 Å². The highest BCUT2D eigenvalue weighted by molar-refractivity contribution is 5.52. The second kappa shape index (κ2) is 6.73. The van der Waals surface area contributed by atoms with E-state index in [4.69, 9.17) is 4.74 Å². The second-order valence-corrected chi connectivity index (χ2v) is 6.56. The van der Waals surface area contributed by atoms with Crippen LogP contribution in [0.4, 0.5) is 0 Å². The lowest BCUT2D eigenvalue weighted by Crippen LogP contribution is -2.31. The molecule has 1 aliphatic rings. The summed E-state index contributed by atoms with van der Waals surface area (Å²) in [5, 5.41) is 23.3. The van der Waals surface area contributed by atoms with Gasteiger partial charge in [0.25, 0.3) is 0 Å².